The van der Waals surface area contributed by atoms with Crippen LogP contribution in [-0.4, -0.2) is 80.0 Å². The molecule has 0 saturated heterocycles. The van der Waals surface area contributed by atoms with Gasteiger partial charge in [-0.05, 0) is 6.42 Å². The van der Waals surface area contributed by atoms with Crippen molar-refractivity contribution in [1.82, 2.24) is 5.32 Å². The van der Waals surface area contributed by atoms with E-state index in [9.17, 15) is 22.6 Å². The number of carbonyl (C=O) groups excluding carboxylic acids is 1. The van der Waals surface area contributed by atoms with Gasteiger partial charge in [-0.1, -0.05) is 0 Å². The third-order valence-corrected chi connectivity index (χ3v) is 4.21. The minimum atomic E-state index is -4.17. The highest BCUT2D eigenvalue weighted by Crippen LogP contribution is 2.03. The zero-order chi connectivity index (χ0) is 18.1. The molecule has 0 spiro atoms. The number of carboxylic acids is 1. The summed E-state index contributed by atoms with van der Waals surface area (Å²) < 4.78 is 32.2. The number of nitrogens with zero attached hydrogens (tertiary/aromatic N) is 1. The van der Waals surface area contributed by atoms with Crippen LogP contribution in [-0.2, 0) is 19.7 Å². The molecule has 4 N–H and O–H groups in total. The molecule has 9 nitrogen and oxygen atoms in total. The summed E-state index contributed by atoms with van der Waals surface area (Å²) in [5.74, 6) is -1.74. The van der Waals surface area contributed by atoms with Gasteiger partial charge in [-0.3, -0.25) is 9.59 Å². The van der Waals surface area contributed by atoms with E-state index in [4.69, 9.17) is 10.8 Å². The first-order valence-corrected chi connectivity index (χ1v) is 9.01. The van der Waals surface area contributed by atoms with E-state index in [0.29, 0.717) is 37.0 Å². The lowest BCUT2D eigenvalue weighted by molar-refractivity contribution is -0.890. The number of amides is 1. The molecule has 0 radical (unpaired) electrons. The fourth-order valence-corrected chi connectivity index (χ4v) is 2.50. The van der Waals surface area contributed by atoms with Gasteiger partial charge in [0.05, 0.1) is 37.3 Å². The van der Waals surface area contributed by atoms with Crippen LogP contribution in [0, 0.1) is 0 Å². The van der Waals surface area contributed by atoms with Crippen molar-refractivity contribution < 1.29 is 32.1 Å². The highest BCUT2D eigenvalue weighted by molar-refractivity contribution is 7.85. The van der Waals surface area contributed by atoms with Crippen molar-refractivity contribution in [3.8, 4) is 0 Å². The molecule has 1 amide bonds. The molecule has 0 rings (SSSR count). The number of aliphatic carboxylic acids is 1. The summed E-state index contributed by atoms with van der Waals surface area (Å²) in [6.45, 7) is 1.72. The molecule has 0 aromatic rings. The summed E-state index contributed by atoms with van der Waals surface area (Å²) >= 11 is 0. The van der Waals surface area contributed by atoms with E-state index in [1.807, 2.05) is 14.1 Å². The van der Waals surface area contributed by atoms with Crippen molar-refractivity contribution in [2.24, 2.45) is 5.73 Å². The van der Waals surface area contributed by atoms with Crippen LogP contribution in [0.3, 0.4) is 0 Å². The number of hydrogen-bond donors (Lipinski definition) is 3. The van der Waals surface area contributed by atoms with E-state index in [0.717, 1.165) is 0 Å². The van der Waals surface area contributed by atoms with Gasteiger partial charge in [-0.25, -0.2) is 8.42 Å². The highest BCUT2D eigenvalue weighted by atomic mass is 32.2. The molecule has 0 aliphatic rings. The van der Waals surface area contributed by atoms with Gasteiger partial charge in [0.15, 0.2) is 0 Å². The fourth-order valence-electron chi connectivity index (χ4n) is 2.01. The fraction of sp³-hybridized carbons (Fsp3) is 0.846. The number of rotatable bonds is 12. The third-order valence-electron chi connectivity index (χ3n) is 3.42. The topological polar surface area (TPSA) is 150 Å². The maximum atomic E-state index is 11.5. The Morgan fingerprint density at radius 2 is 1.83 bits per heavy atom. The van der Waals surface area contributed by atoms with E-state index in [1.54, 1.807) is 0 Å². The summed E-state index contributed by atoms with van der Waals surface area (Å²) in [5.41, 5.74) is 5.31. The van der Waals surface area contributed by atoms with Crippen LogP contribution in [0.4, 0.5) is 0 Å². The van der Waals surface area contributed by atoms with E-state index >= 15 is 0 Å². The second kappa shape index (κ2) is 9.81. The molecule has 0 aliphatic heterocycles. The Bertz CT molecular complexity index is 492. The molecule has 0 fully saturated rings. The lowest BCUT2D eigenvalue weighted by atomic mass is 10.1. The average Bonchev–Trinajstić information content (AvgIpc) is 2.39. The predicted molar refractivity (Wildman–Crippen MR) is 83.5 cm³/mol. The molecule has 1 atom stereocenters. The van der Waals surface area contributed by atoms with Gasteiger partial charge in [0.1, 0.15) is 6.04 Å². The number of carbonyl (C=O) groups is 2. The molecule has 136 valence electrons. The van der Waals surface area contributed by atoms with Gasteiger partial charge in [0.2, 0.25) is 5.91 Å². The second-order valence-corrected chi connectivity index (χ2v) is 7.71. The van der Waals surface area contributed by atoms with Crippen molar-refractivity contribution in [3.05, 3.63) is 0 Å². The minimum Gasteiger partial charge on any atom is -0.748 e. The third kappa shape index (κ3) is 13.0. The standard InChI is InChI=1S/C13H27N3O6S/c1-16(2,9-4-10-23(20,21)22)8-3-7-15-12(17)6-5-11(14)13(18)19/h11H,3-10,14H2,1-2H3,(H2-,15,17,18,19,20,21,22)/t11-/m0/s1. The Kier molecular flexibility index (Phi) is 9.28. The molecular weight excluding hydrogens is 326 g/mol. The van der Waals surface area contributed by atoms with Crippen molar-refractivity contribution in [1.29, 1.82) is 0 Å². The van der Waals surface area contributed by atoms with Gasteiger partial charge in [-0.15, -0.1) is 0 Å². The summed E-state index contributed by atoms with van der Waals surface area (Å²) in [4.78, 5) is 22.0. The first kappa shape index (κ1) is 21.8. The van der Waals surface area contributed by atoms with E-state index in [-0.39, 0.29) is 24.5 Å². The molecule has 23 heavy (non-hydrogen) atoms. The Morgan fingerprint density at radius 3 is 2.35 bits per heavy atom. The lowest BCUT2D eigenvalue weighted by Gasteiger charge is -2.30. The molecule has 0 aliphatic carbocycles. The van der Waals surface area contributed by atoms with E-state index in [1.165, 1.54) is 0 Å². The van der Waals surface area contributed by atoms with Gasteiger partial charge < -0.3 is 25.2 Å². The van der Waals surface area contributed by atoms with Crippen LogP contribution in [0.1, 0.15) is 25.7 Å². The predicted octanol–water partition coefficient (Wildman–Crippen LogP) is -1.30. The van der Waals surface area contributed by atoms with Gasteiger partial charge in [0, 0.05) is 31.6 Å². The monoisotopic (exact) mass is 353 g/mol. The van der Waals surface area contributed by atoms with Crippen molar-refractivity contribution in [2.45, 2.75) is 31.7 Å². The molecule has 0 unspecified atom stereocenters. The van der Waals surface area contributed by atoms with Crippen LogP contribution in [0.5, 0.6) is 0 Å². The zero-order valence-electron chi connectivity index (χ0n) is 13.7. The number of quaternary nitrogens is 1. The smallest absolute Gasteiger partial charge is 0.320 e. The normalized spacial score (nSPS) is 13.6. The van der Waals surface area contributed by atoms with Gasteiger partial charge >= 0.3 is 5.97 Å². The van der Waals surface area contributed by atoms with E-state index in [2.05, 4.69) is 5.32 Å². The number of carboxylic acid groups (broad SMARTS) is 1. The molecule has 0 aromatic carbocycles. The highest BCUT2D eigenvalue weighted by Gasteiger charge is 2.16. The summed E-state index contributed by atoms with van der Waals surface area (Å²) in [6, 6.07) is -1.03. The largest absolute Gasteiger partial charge is 0.748 e. The van der Waals surface area contributed by atoms with Gasteiger partial charge in [-0.2, -0.15) is 0 Å². The average molecular weight is 353 g/mol. The summed E-state index contributed by atoms with van der Waals surface area (Å²) in [5, 5.41) is 11.3. The van der Waals surface area contributed by atoms with Crippen molar-refractivity contribution >= 4 is 22.0 Å². The number of nitrogens with two attached hydrogens (primary N) is 1. The first-order chi connectivity index (χ1) is 10.4. The maximum absolute atomic E-state index is 11.5. The Hall–Kier alpha value is -1.23. The minimum absolute atomic E-state index is 0.0626. The summed E-state index contributed by atoms with van der Waals surface area (Å²) in [7, 11) is -0.328. The van der Waals surface area contributed by atoms with Crippen molar-refractivity contribution in [3.63, 3.8) is 0 Å². The number of nitrogens with one attached hydrogen (secondary N) is 1. The molecule has 10 heteroatoms. The van der Waals surface area contributed by atoms with Crippen molar-refractivity contribution in [2.75, 3.05) is 39.5 Å². The molecule has 0 bridgehead atoms. The second-order valence-electron chi connectivity index (χ2n) is 6.19. The maximum Gasteiger partial charge on any atom is 0.320 e. The lowest BCUT2D eigenvalue weighted by Crippen LogP contribution is -2.43. The van der Waals surface area contributed by atoms with Crippen LogP contribution < -0.4 is 11.1 Å². The number of hydrogen-bond acceptors (Lipinski definition) is 6. The van der Waals surface area contributed by atoms with Crippen LogP contribution >= 0.6 is 0 Å². The van der Waals surface area contributed by atoms with Crippen LogP contribution in [0.2, 0.25) is 0 Å². The first-order valence-electron chi connectivity index (χ1n) is 7.43. The van der Waals surface area contributed by atoms with E-state index < -0.39 is 22.1 Å². The SMILES string of the molecule is C[N+](C)(CCCNC(=O)CC[C@H](N)C(=O)O)CCCS(=O)(=O)[O-]. The van der Waals surface area contributed by atoms with Crippen LogP contribution in [0.25, 0.3) is 0 Å². The Labute approximate surface area is 137 Å². The molecular formula is C13H27N3O6S. The Balaban J connectivity index is 3.84. The summed E-state index contributed by atoms with van der Waals surface area (Å²) in [6.07, 6.45) is 1.14. The molecule has 0 aromatic heterocycles. The molecule has 0 saturated carbocycles. The Morgan fingerprint density at radius 1 is 1.26 bits per heavy atom. The van der Waals surface area contributed by atoms with Gasteiger partial charge in [0.25, 0.3) is 0 Å². The van der Waals surface area contributed by atoms with Crippen LogP contribution in [0.15, 0.2) is 0 Å². The quantitative estimate of drug-likeness (QED) is 0.224. The zero-order valence-corrected chi connectivity index (χ0v) is 14.5. The molecule has 0 heterocycles.